The monoisotopic (exact) mass is 336 g/mol. The first-order chi connectivity index (χ1) is 10.8. The zero-order chi connectivity index (χ0) is 16.7. The zero-order valence-electron chi connectivity index (χ0n) is 12.6. The minimum Gasteiger partial charge on any atom is -0.476 e. The number of carbonyl (C=O) groups is 1. The van der Waals surface area contributed by atoms with Crippen molar-refractivity contribution in [2.45, 2.75) is 30.9 Å². The molecule has 8 heteroatoms. The van der Waals surface area contributed by atoms with Gasteiger partial charge in [0, 0.05) is 6.07 Å². The summed E-state index contributed by atoms with van der Waals surface area (Å²) < 4.78 is 37.8. The van der Waals surface area contributed by atoms with Gasteiger partial charge in [-0.05, 0) is 38.1 Å². The quantitative estimate of drug-likeness (QED) is 0.888. The lowest BCUT2D eigenvalue weighted by molar-refractivity contribution is -0.129. The molecule has 0 bridgehead atoms. The van der Waals surface area contributed by atoms with Gasteiger partial charge in [0.2, 0.25) is 10.0 Å². The Morgan fingerprint density at radius 3 is 2.74 bits per heavy atom. The summed E-state index contributed by atoms with van der Waals surface area (Å²) in [5.74, 6) is 0.545. The lowest BCUT2D eigenvalue weighted by atomic mass is 10.1. The zero-order valence-corrected chi connectivity index (χ0v) is 13.4. The summed E-state index contributed by atoms with van der Waals surface area (Å²) in [7, 11) is -3.72. The maximum Gasteiger partial charge on any atom is 0.268 e. The lowest BCUT2D eigenvalue weighted by Gasteiger charge is -2.31. The van der Waals surface area contributed by atoms with Crippen LogP contribution in [-0.2, 0) is 21.4 Å². The summed E-state index contributed by atoms with van der Waals surface area (Å²) in [6, 6.07) is 7.66. The number of rotatable bonds is 4. The van der Waals surface area contributed by atoms with Crippen LogP contribution >= 0.6 is 0 Å². The van der Waals surface area contributed by atoms with Gasteiger partial charge in [-0.25, -0.2) is 13.1 Å². The van der Waals surface area contributed by atoms with Crippen LogP contribution in [-0.4, -0.2) is 19.9 Å². The van der Waals surface area contributed by atoms with Crippen molar-refractivity contribution in [2.24, 2.45) is 0 Å². The average molecular weight is 336 g/mol. The molecule has 0 spiro atoms. The molecule has 1 aliphatic rings. The fraction of sp³-hybridized carbons (Fsp3) is 0.267. The molecule has 1 aromatic carbocycles. The first-order valence-corrected chi connectivity index (χ1v) is 8.43. The SMILES string of the molecule is CC1(C)Oc2cc(S(=O)(=O)NCc3ccco3)ccc2NC1=O. The number of carbonyl (C=O) groups excluding carboxylic acids is 1. The molecule has 1 aromatic heterocycles. The van der Waals surface area contributed by atoms with Crippen LogP contribution < -0.4 is 14.8 Å². The van der Waals surface area contributed by atoms with E-state index in [9.17, 15) is 13.2 Å². The smallest absolute Gasteiger partial charge is 0.268 e. The molecule has 7 nitrogen and oxygen atoms in total. The highest BCUT2D eigenvalue weighted by molar-refractivity contribution is 7.89. The lowest BCUT2D eigenvalue weighted by Crippen LogP contribution is -2.45. The van der Waals surface area contributed by atoms with Crippen molar-refractivity contribution in [3.8, 4) is 5.75 Å². The number of sulfonamides is 1. The van der Waals surface area contributed by atoms with Gasteiger partial charge in [-0.2, -0.15) is 0 Å². The number of ether oxygens (including phenoxy) is 1. The Hall–Kier alpha value is -2.32. The number of anilines is 1. The Morgan fingerprint density at radius 2 is 2.04 bits per heavy atom. The fourth-order valence-electron chi connectivity index (χ4n) is 2.11. The van der Waals surface area contributed by atoms with E-state index in [1.54, 1.807) is 26.0 Å². The Morgan fingerprint density at radius 1 is 1.26 bits per heavy atom. The first-order valence-electron chi connectivity index (χ1n) is 6.94. The maximum atomic E-state index is 12.3. The summed E-state index contributed by atoms with van der Waals surface area (Å²) in [4.78, 5) is 11.9. The molecule has 0 saturated carbocycles. The van der Waals surface area contributed by atoms with Crippen LogP contribution in [0, 0.1) is 0 Å². The topological polar surface area (TPSA) is 97.6 Å². The van der Waals surface area contributed by atoms with Gasteiger partial charge in [-0.3, -0.25) is 4.79 Å². The van der Waals surface area contributed by atoms with Gasteiger partial charge in [-0.15, -0.1) is 0 Å². The number of amides is 1. The Kier molecular flexibility index (Phi) is 3.65. The van der Waals surface area contributed by atoms with E-state index >= 15 is 0 Å². The third-order valence-corrected chi connectivity index (χ3v) is 4.84. The van der Waals surface area contributed by atoms with Gasteiger partial charge < -0.3 is 14.5 Å². The molecule has 122 valence electrons. The molecule has 0 unspecified atom stereocenters. The first kappa shape index (κ1) is 15.6. The van der Waals surface area contributed by atoms with E-state index in [-0.39, 0.29) is 17.3 Å². The number of hydrogen-bond acceptors (Lipinski definition) is 5. The maximum absolute atomic E-state index is 12.3. The summed E-state index contributed by atoms with van der Waals surface area (Å²) >= 11 is 0. The summed E-state index contributed by atoms with van der Waals surface area (Å²) in [6.07, 6.45) is 1.47. The van der Waals surface area contributed by atoms with Gasteiger partial charge >= 0.3 is 0 Å². The van der Waals surface area contributed by atoms with Crippen LogP contribution in [0.25, 0.3) is 0 Å². The van der Waals surface area contributed by atoms with E-state index in [1.807, 2.05) is 0 Å². The van der Waals surface area contributed by atoms with Crippen molar-refractivity contribution in [2.75, 3.05) is 5.32 Å². The van der Waals surface area contributed by atoms with Crippen molar-refractivity contribution >= 4 is 21.6 Å². The Bertz CT molecular complexity index is 841. The second kappa shape index (κ2) is 5.39. The van der Waals surface area contributed by atoms with E-state index < -0.39 is 15.6 Å². The molecule has 0 aliphatic carbocycles. The second-order valence-electron chi connectivity index (χ2n) is 5.63. The molecule has 2 heterocycles. The predicted molar refractivity (Wildman–Crippen MR) is 82.5 cm³/mol. The van der Waals surface area contributed by atoms with Crippen LogP contribution in [0.5, 0.6) is 5.75 Å². The van der Waals surface area contributed by atoms with Crippen LogP contribution in [0.1, 0.15) is 19.6 Å². The second-order valence-corrected chi connectivity index (χ2v) is 7.40. The van der Waals surface area contributed by atoms with Gasteiger partial charge in [0.25, 0.3) is 5.91 Å². The van der Waals surface area contributed by atoms with Crippen LogP contribution in [0.15, 0.2) is 45.9 Å². The average Bonchev–Trinajstić information content (AvgIpc) is 2.99. The Balaban J connectivity index is 1.85. The molecule has 0 atom stereocenters. The van der Waals surface area contributed by atoms with Gasteiger partial charge in [0.15, 0.2) is 5.60 Å². The molecule has 1 amide bonds. The van der Waals surface area contributed by atoms with Crippen LogP contribution in [0.2, 0.25) is 0 Å². The number of hydrogen-bond donors (Lipinski definition) is 2. The molecule has 2 N–H and O–H groups in total. The van der Waals surface area contributed by atoms with Gasteiger partial charge in [0.05, 0.1) is 23.4 Å². The highest BCUT2D eigenvalue weighted by atomic mass is 32.2. The van der Waals surface area contributed by atoms with E-state index in [0.29, 0.717) is 17.2 Å². The van der Waals surface area contributed by atoms with Gasteiger partial charge in [0.1, 0.15) is 11.5 Å². The molecule has 1 aliphatic heterocycles. The summed E-state index contributed by atoms with van der Waals surface area (Å²) in [6.45, 7) is 3.28. The molecular formula is C15H16N2O5S. The van der Waals surface area contributed by atoms with Crippen molar-refractivity contribution in [1.82, 2.24) is 4.72 Å². The molecule has 0 saturated heterocycles. The number of benzene rings is 1. The van der Waals surface area contributed by atoms with E-state index in [2.05, 4.69) is 10.0 Å². The summed E-state index contributed by atoms with van der Waals surface area (Å²) in [5, 5.41) is 2.69. The number of nitrogens with one attached hydrogen (secondary N) is 2. The minimum absolute atomic E-state index is 0.0507. The number of fused-ring (bicyclic) bond motifs is 1. The number of furan rings is 1. The van der Waals surface area contributed by atoms with Crippen molar-refractivity contribution in [3.05, 3.63) is 42.4 Å². The molecule has 23 heavy (non-hydrogen) atoms. The predicted octanol–water partition coefficient (Wildman–Crippen LogP) is 1.87. The van der Waals surface area contributed by atoms with Crippen molar-refractivity contribution in [3.63, 3.8) is 0 Å². The van der Waals surface area contributed by atoms with E-state index in [4.69, 9.17) is 9.15 Å². The highest BCUT2D eigenvalue weighted by Gasteiger charge is 2.35. The molecule has 2 aromatic rings. The van der Waals surface area contributed by atoms with Crippen LogP contribution in [0.4, 0.5) is 5.69 Å². The third-order valence-electron chi connectivity index (χ3n) is 3.44. The van der Waals surface area contributed by atoms with E-state index in [0.717, 1.165) is 0 Å². The van der Waals surface area contributed by atoms with Gasteiger partial charge in [-0.1, -0.05) is 0 Å². The third kappa shape index (κ3) is 3.08. The molecule has 0 radical (unpaired) electrons. The standard InChI is InChI=1S/C15H16N2O5S/c1-15(2)14(18)17-12-6-5-11(8-13(12)22-15)23(19,20)16-9-10-4-3-7-21-10/h3-8,16H,9H2,1-2H3,(H,17,18). The minimum atomic E-state index is -3.72. The largest absolute Gasteiger partial charge is 0.476 e. The van der Waals surface area contributed by atoms with Crippen molar-refractivity contribution in [1.29, 1.82) is 0 Å². The Labute approximate surface area is 133 Å². The molecule has 0 fully saturated rings. The summed E-state index contributed by atoms with van der Waals surface area (Å²) in [5.41, 5.74) is -0.615. The normalized spacial score (nSPS) is 16.3. The fourth-order valence-corrected chi connectivity index (χ4v) is 3.12. The van der Waals surface area contributed by atoms with E-state index in [1.165, 1.54) is 24.5 Å². The van der Waals surface area contributed by atoms with Crippen molar-refractivity contribution < 1.29 is 22.4 Å². The van der Waals surface area contributed by atoms with Crippen LogP contribution in [0.3, 0.4) is 0 Å². The highest BCUT2D eigenvalue weighted by Crippen LogP contribution is 2.35. The molecular weight excluding hydrogens is 320 g/mol. The molecule has 3 rings (SSSR count).